The first-order valence-electron chi connectivity index (χ1n) is 5.51. The minimum atomic E-state index is -0.650. The van der Waals surface area contributed by atoms with Gasteiger partial charge in [-0.25, -0.2) is 0 Å². The Morgan fingerprint density at radius 2 is 2.19 bits per heavy atom. The zero-order chi connectivity index (χ0) is 12.6. The number of ether oxygens (including phenoxy) is 1. The largest absolute Gasteiger partial charge is 0.468 e. The van der Waals surface area contributed by atoms with E-state index in [2.05, 4.69) is 5.32 Å². The molecule has 2 N–H and O–H groups in total. The molecule has 0 fully saturated rings. The Hall–Kier alpha value is -0.260. The number of carbonyl (C=O) groups is 1. The van der Waals surface area contributed by atoms with Crippen molar-refractivity contribution in [1.82, 2.24) is 5.32 Å². The van der Waals surface area contributed by atoms with Gasteiger partial charge in [-0.1, -0.05) is 0 Å². The minimum absolute atomic E-state index is 0.194. The van der Waals surface area contributed by atoms with Crippen LogP contribution in [0.15, 0.2) is 0 Å². The number of rotatable bonds is 8. The van der Waals surface area contributed by atoms with Gasteiger partial charge in [0, 0.05) is 18.4 Å². The van der Waals surface area contributed by atoms with E-state index in [1.165, 1.54) is 7.11 Å². The Balaban J connectivity index is 4.25. The van der Waals surface area contributed by atoms with Crippen LogP contribution in [0, 0.1) is 0 Å². The van der Waals surface area contributed by atoms with E-state index in [0.29, 0.717) is 5.75 Å². The zero-order valence-corrected chi connectivity index (χ0v) is 11.4. The van der Waals surface area contributed by atoms with Gasteiger partial charge in [-0.2, -0.15) is 11.8 Å². The molecule has 0 spiro atoms. The number of aliphatic hydroxyl groups is 1. The van der Waals surface area contributed by atoms with Crippen LogP contribution in [0.5, 0.6) is 0 Å². The fourth-order valence-corrected chi connectivity index (χ4v) is 2.55. The first kappa shape index (κ1) is 15.7. The summed E-state index contributed by atoms with van der Waals surface area (Å²) in [5.74, 6) is 1.26. The van der Waals surface area contributed by atoms with Gasteiger partial charge in [-0.15, -0.1) is 0 Å². The van der Waals surface area contributed by atoms with E-state index in [1.54, 1.807) is 11.8 Å². The third kappa shape index (κ3) is 5.72. The molecule has 1 unspecified atom stereocenters. The molecule has 0 radical (unpaired) electrons. The highest BCUT2D eigenvalue weighted by Crippen LogP contribution is 2.16. The van der Waals surface area contributed by atoms with E-state index >= 15 is 0 Å². The van der Waals surface area contributed by atoms with Gasteiger partial charge in [-0.05, 0) is 32.9 Å². The summed E-state index contributed by atoms with van der Waals surface area (Å²) in [7, 11) is 1.40. The second-order valence-electron chi connectivity index (χ2n) is 4.25. The molecule has 0 aliphatic rings. The summed E-state index contributed by atoms with van der Waals surface area (Å²) in [5, 5.41) is 11.9. The molecule has 0 aliphatic carbocycles. The smallest absolute Gasteiger partial charge is 0.326 e. The predicted molar refractivity (Wildman–Crippen MR) is 67.7 cm³/mol. The molecule has 0 aromatic rings. The number of thioether (sulfide) groups is 1. The molecule has 0 bridgehead atoms. The lowest BCUT2D eigenvalue weighted by atomic mass is 10.0. The molecule has 0 saturated heterocycles. The second-order valence-corrected chi connectivity index (χ2v) is 5.36. The molecule has 96 valence electrons. The lowest BCUT2D eigenvalue weighted by Crippen LogP contribution is -2.55. The van der Waals surface area contributed by atoms with Crippen LogP contribution in [0.25, 0.3) is 0 Å². The average molecular weight is 249 g/mol. The third-order valence-electron chi connectivity index (χ3n) is 2.08. The van der Waals surface area contributed by atoms with Gasteiger partial charge in [0.2, 0.25) is 0 Å². The number of esters is 1. The summed E-state index contributed by atoms with van der Waals surface area (Å²) in [6.45, 7) is 6.05. The van der Waals surface area contributed by atoms with Crippen molar-refractivity contribution in [3.05, 3.63) is 0 Å². The molecule has 0 amide bonds. The van der Waals surface area contributed by atoms with Gasteiger partial charge in [0.1, 0.15) is 5.54 Å². The highest BCUT2D eigenvalue weighted by atomic mass is 32.2. The van der Waals surface area contributed by atoms with Crippen LogP contribution in [0.1, 0.15) is 27.2 Å². The third-order valence-corrected chi connectivity index (χ3v) is 3.44. The molecule has 1 atom stereocenters. The fraction of sp³-hybridized carbons (Fsp3) is 0.909. The molecular formula is C11H23NO3S. The minimum Gasteiger partial charge on any atom is -0.468 e. The van der Waals surface area contributed by atoms with Gasteiger partial charge in [0.15, 0.2) is 0 Å². The Labute approximate surface area is 102 Å². The van der Waals surface area contributed by atoms with E-state index in [1.807, 2.05) is 20.8 Å². The number of aliphatic hydroxyl groups excluding tert-OH is 1. The molecule has 0 saturated carbocycles. The Kier molecular flexibility index (Phi) is 7.80. The van der Waals surface area contributed by atoms with Gasteiger partial charge in [0.05, 0.1) is 7.11 Å². The quantitative estimate of drug-likeness (QED) is 0.497. The van der Waals surface area contributed by atoms with Crippen molar-refractivity contribution in [2.45, 2.75) is 38.8 Å². The maximum atomic E-state index is 11.7. The van der Waals surface area contributed by atoms with Crippen molar-refractivity contribution in [3.8, 4) is 0 Å². The van der Waals surface area contributed by atoms with E-state index in [4.69, 9.17) is 9.84 Å². The summed E-state index contributed by atoms with van der Waals surface area (Å²) < 4.78 is 4.81. The van der Waals surface area contributed by atoms with Crippen LogP contribution in [0.4, 0.5) is 0 Å². The summed E-state index contributed by atoms with van der Waals surface area (Å²) in [5.41, 5.74) is -0.650. The Bertz CT molecular complexity index is 211. The van der Waals surface area contributed by atoms with E-state index in [0.717, 1.165) is 12.2 Å². The molecule has 16 heavy (non-hydrogen) atoms. The number of hydrogen-bond donors (Lipinski definition) is 2. The maximum absolute atomic E-state index is 11.7. The summed E-state index contributed by atoms with van der Waals surface area (Å²) in [6, 6.07) is 0.225. The van der Waals surface area contributed by atoms with E-state index in [9.17, 15) is 4.79 Å². The molecule has 0 heterocycles. The standard InChI is InChI=1S/C11H23NO3S/c1-9(2)12-11(3,10(14)15-4)8-16-7-5-6-13/h9,12-13H,5-8H2,1-4H3. The SMILES string of the molecule is COC(=O)C(C)(CSCCCO)NC(C)C. The van der Waals surface area contributed by atoms with Crippen LogP contribution in [0.3, 0.4) is 0 Å². The molecule has 0 aromatic carbocycles. The van der Waals surface area contributed by atoms with Gasteiger partial charge in [0.25, 0.3) is 0 Å². The highest BCUT2D eigenvalue weighted by Gasteiger charge is 2.34. The Morgan fingerprint density at radius 3 is 2.62 bits per heavy atom. The summed E-state index contributed by atoms with van der Waals surface area (Å²) >= 11 is 1.65. The highest BCUT2D eigenvalue weighted by molar-refractivity contribution is 7.99. The van der Waals surface area contributed by atoms with Crippen molar-refractivity contribution >= 4 is 17.7 Å². The molecule has 0 aliphatic heterocycles. The number of hydrogen-bond acceptors (Lipinski definition) is 5. The maximum Gasteiger partial charge on any atom is 0.326 e. The van der Waals surface area contributed by atoms with E-state index < -0.39 is 5.54 Å². The first-order chi connectivity index (χ1) is 7.46. The lowest BCUT2D eigenvalue weighted by Gasteiger charge is -2.29. The van der Waals surface area contributed by atoms with E-state index in [-0.39, 0.29) is 18.6 Å². The molecule has 4 nitrogen and oxygen atoms in total. The van der Waals surface area contributed by atoms with Crippen LogP contribution in [-0.4, -0.2) is 47.9 Å². The van der Waals surface area contributed by atoms with Crippen molar-refractivity contribution in [2.24, 2.45) is 0 Å². The van der Waals surface area contributed by atoms with Gasteiger partial charge < -0.3 is 9.84 Å². The van der Waals surface area contributed by atoms with Crippen LogP contribution in [0.2, 0.25) is 0 Å². The summed E-state index contributed by atoms with van der Waals surface area (Å²) in [6.07, 6.45) is 0.754. The van der Waals surface area contributed by atoms with Crippen LogP contribution in [-0.2, 0) is 9.53 Å². The molecular weight excluding hydrogens is 226 g/mol. The van der Waals surface area contributed by atoms with Crippen molar-refractivity contribution in [3.63, 3.8) is 0 Å². The number of carbonyl (C=O) groups excluding carboxylic acids is 1. The zero-order valence-electron chi connectivity index (χ0n) is 10.6. The topological polar surface area (TPSA) is 58.6 Å². The van der Waals surface area contributed by atoms with Gasteiger partial charge in [-0.3, -0.25) is 10.1 Å². The Morgan fingerprint density at radius 1 is 1.56 bits per heavy atom. The van der Waals surface area contributed by atoms with Crippen molar-refractivity contribution < 1.29 is 14.6 Å². The van der Waals surface area contributed by atoms with Crippen molar-refractivity contribution in [2.75, 3.05) is 25.2 Å². The molecule has 0 aromatic heterocycles. The fourth-order valence-electron chi connectivity index (χ4n) is 1.46. The average Bonchev–Trinajstić information content (AvgIpc) is 2.22. The lowest BCUT2D eigenvalue weighted by molar-refractivity contribution is -0.147. The molecule has 5 heteroatoms. The number of methoxy groups -OCH3 is 1. The molecule has 0 rings (SSSR count). The predicted octanol–water partition coefficient (Wildman–Crippen LogP) is 1.03. The van der Waals surface area contributed by atoms with Crippen LogP contribution >= 0.6 is 11.8 Å². The summed E-state index contributed by atoms with van der Waals surface area (Å²) in [4.78, 5) is 11.7. The number of nitrogens with one attached hydrogen (secondary N) is 1. The normalized spacial score (nSPS) is 14.9. The van der Waals surface area contributed by atoms with Crippen LogP contribution < -0.4 is 5.32 Å². The monoisotopic (exact) mass is 249 g/mol. The second kappa shape index (κ2) is 7.92. The van der Waals surface area contributed by atoms with Gasteiger partial charge >= 0.3 is 5.97 Å². The first-order valence-corrected chi connectivity index (χ1v) is 6.66. The van der Waals surface area contributed by atoms with Crippen molar-refractivity contribution in [1.29, 1.82) is 0 Å².